The van der Waals surface area contributed by atoms with Gasteiger partial charge in [-0.3, -0.25) is 0 Å². The monoisotopic (exact) mass is 182 g/mol. The minimum Gasteiger partial charge on any atom is -0.497 e. The Bertz CT molecular complexity index is 321. The van der Waals surface area contributed by atoms with Crippen molar-refractivity contribution in [2.75, 3.05) is 14.2 Å². The minimum atomic E-state index is -0.397. The Morgan fingerprint density at radius 3 is 2.54 bits per heavy atom. The first kappa shape index (κ1) is 9.58. The largest absolute Gasteiger partial charge is 0.497 e. The van der Waals surface area contributed by atoms with Gasteiger partial charge >= 0.3 is 0 Å². The van der Waals surface area contributed by atoms with Crippen LogP contribution in [0.15, 0.2) is 24.8 Å². The van der Waals surface area contributed by atoms with E-state index in [0.29, 0.717) is 17.1 Å². The number of benzene rings is 1. The van der Waals surface area contributed by atoms with Crippen LogP contribution in [-0.4, -0.2) is 14.2 Å². The summed E-state index contributed by atoms with van der Waals surface area (Å²) in [5, 5.41) is 0. The van der Waals surface area contributed by atoms with Crippen LogP contribution in [-0.2, 0) is 4.74 Å². The Balaban J connectivity index is 3.05. The first-order valence-corrected chi connectivity index (χ1v) is 3.76. The molecule has 0 bridgehead atoms. The Kier molecular flexibility index (Phi) is 2.90. The molecule has 70 valence electrons. The third kappa shape index (κ3) is 1.99. The smallest absolute Gasteiger partial charge is 0.137 e. The van der Waals surface area contributed by atoms with E-state index in [1.54, 1.807) is 12.1 Å². The molecule has 0 aliphatic carbocycles. The standard InChI is InChI=1S/C10H11FO2/c1-7(12-2)9-5-4-8(13-3)6-10(9)11/h4-6H,1H2,2-3H3. The van der Waals surface area contributed by atoms with Gasteiger partial charge < -0.3 is 9.47 Å². The summed E-state index contributed by atoms with van der Waals surface area (Å²) >= 11 is 0. The van der Waals surface area contributed by atoms with Crippen molar-refractivity contribution >= 4 is 5.76 Å². The number of ether oxygens (including phenoxy) is 2. The number of hydrogen-bond acceptors (Lipinski definition) is 2. The van der Waals surface area contributed by atoms with Crippen molar-refractivity contribution in [3.05, 3.63) is 36.2 Å². The summed E-state index contributed by atoms with van der Waals surface area (Å²) in [5.74, 6) is 0.386. The molecule has 3 heteroatoms. The van der Waals surface area contributed by atoms with Crippen molar-refractivity contribution in [2.24, 2.45) is 0 Å². The second kappa shape index (κ2) is 3.94. The van der Waals surface area contributed by atoms with Gasteiger partial charge in [-0.15, -0.1) is 0 Å². The van der Waals surface area contributed by atoms with Gasteiger partial charge in [0, 0.05) is 6.07 Å². The molecule has 0 spiro atoms. The van der Waals surface area contributed by atoms with Gasteiger partial charge in [0.2, 0.25) is 0 Å². The van der Waals surface area contributed by atoms with E-state index in [-0.39, 0.29) is 0 Å². The van der Waals surface area contributed by atoms with Gasteiger partial charge in [-0.1, -0.05) is 6.58 Å². The number of halogens is 1. The fraction of sp³-hybridized carbons (Fsp3) is 0.200. The highest BCUT2D eigenvalue weighted by Gasteiger charge is 2.06. The maximum atomic E-state index is 13.3. The highest BCUT2D eigenvalue weighted by atomic mass is 19.1. The maximum absolute atomic E-state index is 13.3. The van der Waals surface area contributed by atoms with Gasteiger partial charge in [-0.25, -0.2) is 4.39 Å². The average Bonchev–Trinajstić information content (AvgIpc) is 2.16. The molecule has 0 amide bonds. The van der Waals surface area contributed by atoms with Gasteiger partial charge in [0.05, 0.1) is 19.8 Å². The van der Waals surface area contributed by atoms with E-state index in [2.05, 4.69) is 6.58 Å². The van der Waals surface area contributed by atoms with Crippen LogP contribution in [0.3, 0.4) is 0 Å². The first-order valence-electron chi connectivity index (χ1n) is 3.76. The predicted molar refractivity (Wildman–Crippen MR) is 49.0 cm³/mol. The summed E-state index contributed by atoms with van der Waals surface area (Å²) in [6, 6.07) is 4.52. The molecule has 0 saturated carbocycles. The summed E-state index contributed by atoms with van der Waals surface area (Å²) in [6.45, 7) is 3.56. The van der Waals surface area contributed by atoms with Crippen LogP contribution >= 0.6 is 0 Å². The molecule has 0 aromatic heterocycles. The molecule has 0 fully saturated rings. The highest BCUT2D eigenvalue weighted by molar-refractivity contribution is 5.58. The van der Waals surface area contributed by atoms with E-state index in [1.807, 2.05) is 0 Å². The molecule has 13 heavy (non-hydrogen) atoms. The van der Waals surface area contributed by atoms with Crippen LogP contribution in [0, 0.1) is 5.82 Å². The lowest BCUT2D eigenvalue weighted by atomic mass is 10.2. The van der Waals surface area contributed by atoms with Crippen molar-refractivity contribution < 1.29 is 13.9 Å². The van der Waals surface area contributed by atoms with Crippen molar-refractivity contribution in [1.29, 1.82) is 0 Å². The molecule has 0 atom stereocenters. The van der Waals surface area contributed by atoms with Gasteiger partial charge in [0.25, 0.3) is 0 Å². The lowest BCUT2D eigenvalue weighted by Gasteiger charge is -2.06. The Morgan fingerprint density at radius 2 is 2.08 bits per heavy atom. The first-order chi connectivity index (χ1) is 6.19. The van der Waals surface area contributed by atoms with E-state index in [9.17, 15) is 4.39 Å². The average molecular weight is 182 g/mol. The third-order valence-corrected chi connectivity index (χ3v) is 1.72. The molecule has 0 aliphatic rings. The van der Waals surface area contributed by atoms with Gasteiger partial charge in [0.15, 0.2) is 0 Å². The second-order valence-corrected chi connectivity index (χ2v) is 2.47. The zero-order chi connectivity index (χ0) is 9.84. The van der Waals surface area contributed by atoms with Crippen molar-refractivity contribution in [1.82, 2.24) is 0 Å². The summed E-state index contributed by atoms with van der Waals surface area (Å²) in [7, 11) is 2.94. The molecular formula is C10H11FO2. The minimum absolute atomic E-state index is 0.306. The Morgan fingerprint density at radius 1 is 1.38 bits per heavy atom. The molecule has 0 N–H and O–H groups in total. The molecule has 1 rings (SSSR count). The van der Waals surface area contributed by atoms with E-state index in [0.717, 1.165) is 0 Å². The van der Waals surface area contributed by atoms with Crippen molar-refractivity contribution in [3.8, 4) is 5.75 Å². The molecular weight excluding hydrogens is 171 g/mol. The van der Waals surface area contributed by atoms with Crippen LogP contribution in [0.5, 0.6) is 5.75 Å². The molecule has 0 saturated heterocycles. The van der Waals surface area contributed by atoms with Crippen molar-refractivity contribution in [3.63, 3.8) is 0 Å². The fourth-order valence-electron chi connectivity index (χ4n) is 0.959. The van der Waals surface area contributed by atoms with Crippen LogP contribution in [0.25, 0.3) is 5.76 Å². The number of hydrogen-bond donors (Lipinski definition) is 0. The molecule has 0 heterocycles. The van der Waals surface area contributed by atoms with Gasteiger partial charge in [0.1, 0.15) is 17.3 Å². The van der Waals surface area contributed by atoms with Crippen LogP contribution in [0.1, 0.15) is 5.56 Å². The topological polar surface area (TPSA) is 18.5 Å². The van der Waals surface area contributed by atoms with Crippen LogP contribution < -0.4 is 4.74 Å². The Hall–Kier alpha value is -1.51. The third-order valence-electron chi connectivity index (χ3n) is 1.72. The summed E-state index contributed by atoms with van der Waals surface area (Å²) < 4.78 is 22.9. The quantitative estimate of drug-likeness (QED) is 0.668. The summed E-state index contributed by atoms with van der Waals surface area (Å²) in [5.41, 5.74) is 0.350. The molecule has 2 nitrogen and oxygen atoms in total. The van der Waals surface area contributed by atoms with E-state index in [1.165, 1.54) is 20.3 Å². The second-order valence-electron chi connectivity index (χ2n) is 2.47. The number of rotatable bonds is 3. The maximum Gasteiger partial charge on any atom is 0.137 e. The predicted octanol–water partition coefficient (Wildman–Crippen LogP) is 2.45. The van der Waals surface area contributed by atoms with E-state index >= 15 is 0 Å². The normalized spacial score (nSPS) is 9.46. The summed E-state index contributed by atoms with van der Waals surface area (Å²) in [6.07, 6.45) is 0. The Labute approximate surface area is 76.6 Å². The van der Waals surface area contributed by atoms with Crippen LogP contribution in [0.4, 0.5) is 4.39 Å². The zero-order valence-electron chi connectivity index (χ0n) is 7.63. The molecule has 1 aromatic rings. The molecule has 0 aliphatic heterocycles. The lowest BCUT2D eigenvalue weighted by Crippen LogP contribution is -1.92. The number of methoxy groups -OCH3 is 2. The van der Waals surface area contributed by atoms with E-state index < -0.39 is 5.82 Å². The van der Waals surface area contributed by atoms with E-state index in [4.69, 9.17) is 9.47 Å². The fourth-order valence-corrected chi connectivity index (χ4v) is 0.959. The SMILES string of the molecule is C=C(OC)c1ccc(OC)cc1F. The summed E-state index contributed by atoms with van der Waals surface area (Å²) in [4.78, 5) is 0. The van der Waals surface area contributed by atoms with Gasteiger partial charge in [-0.05, 0) is 12.1 Å². The molecule has 0 unspecified atom stereocenters. The van der Waals surface area contributed by atoms with Gasteiger partial charge in [-0.2, -0.15) is 0 Å². The van der Waals surface area contributed by atoms with Crippen LogP contribution in [0.2, 0.25) is 0 Å². The van der Waals surface area contributed by atoms with Crippen molar-refractivity contribution in [2.45, 2.75) is 0 Å². The molecule has 1 aromatic carbocycles. The lowest BCUT2D eigenvalue weighted by molar-refractivity contribution is 0.367. The highest BCUT2D eigenvalue weighted by Crippen LogP contribution is 2.21. The molecule has 0 radical (unpaired) electrons. The zero-order valence-corrected chi connectivity index (χ0v) is 7.63.